The van der Waals surface area contributed by atoms with Crippen molar-refractivity contribution in [2.75, 3.05) is 20.1 Å². The van der Waals surface area contributed by atoms with Gasteiger partial charge in [0.1, 0.15) is 11.7 Å². The van der Waals surface area contributed by atoms with E-state index in [2.05, 4.69) is 81.6 Å². The molecule has 1 aliphatic carbocycles. The van der Waals surface area contributed by atoms with Crippen LogP contribution in [0.3, 0.4) is 0 Å². The number of aromatic nitrogens is 3. The SMILES string of the molecule is C=C(C#CC1=Cc2ncc(-c3cnc(CNCCC)[nH]3)cc2CC1)/C=C\C(=C)C(=C)NC(=NC)[C@@H]1CCCN1. The molecule has 0 radical (unpaired) electrons. The van der Waals surface area contributed by atoms with Crippen molar-refractivity contribution in [1.82, 2.24) is 30.9 Å². The molecule has 1 aliphatic heterocycles. The monoisotopic (exact) mass is 521 g/mol. The van der Waals surface area contributed by atoms with Gasteiger partial charge in [0.2, 0.25) is 0 Å². The second-order valence-corrected chi connectivity index (χ2v) is 9.85. The van der Waals surface area contributed by atoms with E-state index in [1.54, 1.807) is 7.05 Å². The predicted octanol–water partition coefficient (Wildman–Crippen LogP) is 4.86. The van der Waals surface area contributed by atoms with Gasteiger partial charge in [-0.3, -0.25) is 9.98 Å². The number of pyridine rings is 1. The van der Waals surface area contributed by atoms with Crippen LogP contribution >= 0.6 is 0 Å². The summed E-state index contributed by atoms with van der Waals surface area (Å²) >= 11 is 0. The van der Waals surface area contributed by atoms with Crippen LogP contribution in [0.15, 0.2) is 77.8 Å². The first-order valence-electron chi connectivity index (χ1n) is 13.7. The maximum absolute atomic E-state index is 4.71. The third-order valence-electron chi connectivity index (χ3n) is 6.80. The first-order valence-corrected chi connectivity index (χ1v) is 13.7. The minimum atomic E-state index is 0.246. The summed E-state index contributed by atoms with van der Waals surface area (Å²) in [5.74, 6) is 8.26. The van der Waals surface area contributed by atoms with E-state index in [9.17, 15) is 0 Å². The van der Waals surface area contributed by atoms with Gasteiger partial charge < -0.3 is 20.9 Å². The number of rotatable bonds is 10. The number of hydrogen-bond donors (Lipinski definition) is 4. The minimum absolute atomic E-state index is 0.246. The van der Waals surface area contributed by atoms with Crippen LogP contribution < -0.4 is 16.0 Å². The Hall–Kier alpha value is -3.99. The molecule has 0 bridgehead atoms. The van der Waals surface area contributed by atoms with E-state index in [1.807, 2.05) is 24.5 Å². The van der Waals surface area contributed by atoms with Crippen LogP contribution in [0.1, 0.15) is 49.7 Å². The van der Waals surface area contributed by atoms with E-state index in [-0.39, 0.29) is 6.04 Å². The van der Waals surface area contributed by atoms with Crippen molar-refractivity contribution in [2.24, 2.45) is 4.99 Å². The summed E-state index contributed by atoms with van der Waals surface area (Å²) in [6, 6.07) is 2.45. The second kappa shape index (κ2) is 13.7. The summed E-state index contributed by atoms with van der Waals surface area (Å²) in [4.78, 5) is 17.0. The number of allylic oxidation sites excluding steroid dienone is 4. The fourth-order valence-corrected chi connectivity index (χ4v) is 4.54. The lowest BCUT2D eigenvalue weighted by molar-refractivity contribution is 0.655. The van der Waals surface area contributed by atoms with E-state index >= 15 is 0 Å². The molecule has 39 heavy (non-hydrogen) atoms. The van der Waals surface area contributed by atoms with Gasteiger partial charge in [0.25, 0.3) is 0 Å². The van der Waals surface area contributed by atoms with E-state index in [1.165, 1.54) is 5.56 Å². The van der Waals surface area contributed by atoms with Crippen LogP contribution in [0.2, 0.25) is 0 Å². The van der Waals surface area contributed by atoms with Crippen LogP contribution in [0, 0.1) is 11.8 Å². The molecule has 1 atom stereocenters. The number of imidazole rings is 1. The molecule has 0 aromatic carbocycles. The number of fused-ring (bicyclic) bond motifs is 1. The number of hydrogen-bond acceptors (Lipinski definition) is 5. The summed E-state index contributed by atoms with van der Waals surface area (Å²) in [6.45, 7) is 17.2. The molecule has 2 aromatic rings. The van der Waals surface area contributed by atoms with Gasteiger partial charge in [-0.1, -0.05) is 44.6 Å². The van der Waals surface area contributed by atoms with Gasteiger partial charge in [0.15, 0.2) is 0 Å². The van der Waals surface area contributed by atoms with Gasteiger partial charge >= 0.3 is 0 Å². The molecule has 7 nitrogen and oxygen atoms in total. The number of amidine groups is 1. The first kappa shape index (κ1) is 28.0. The largest absolute Gasteiger partial charge is 0.343 e. The zero-order chi connectivity index (χ0) is 27.6. The van der Waals surface area contributed by atoms with Gasteiger partial charge in [-0.2, -0.15) is 0 Å². The van der Waals surface area contributed by atoms with Gasteiger partial charge in [0.05, 0.1) is 30.2 Å². The third kappa shape index (κ3) is 7.76. The van der Waals surface area contributed by atoms with Gasteiger partial charge in [-0.05, 0) is 74.5 Å². The lowest BCUT2D eigenvalue weighted by Crippen LogP contribution is -2.40. The van der Waals surface area contributed by atoms with Gasteiger partial charge in [-0.25, -0.2) is 4.98 Å². The number of aromatic amines is 1. The molecule has 0 spiro atoms. The second-order valence-electron chi connectivity index (χ2n) is 9.85. The quantitative estimate of drug-likeness (QED) is 0.118. The molecule has 4 N–H and O–H groups in total. The number of aryl methyl sites for hydroxylation is 1. The van der Waals surface area contributed by atoms with Crippen molar-refractivity contribution in [1.29, 1.82) is 0 Å². The topological polar surface area (TPSA) is 90.0 Å². The Balaban J connectivity index is 1.33. The Morgan fingerprint density at radius 3 is 2.85 bits per heavy atom. The maximum Gasteiger partial charge on any atom is 0.120 e. The summed E-state index contributed by atoms with van der Waals surface area (Å²) in [5, 5.41) is 10.1. The van der Waals surface area contributed by atoms with Crippen LogP contribution in [0.4, 0.5) is 0 Å². The molecular formula is C32H39N7. The molecule has 0 unspecified atom stereocenters. The van der Waals surface area contributed by atoms with E-state index < -0.39 is 0 Å². The molecule has 202 valence electrons. The van der Waals surface area contributed by atoms with Crippen molar-refractivity contribution < 1.29 is 0 Å². The average molecular weight is 522 g/mol. The maximum atomic E-state index is 4.71. The molecule has 7 heteroatoms. The van der Waals surface area contributed by atoms with Gasteiger partial charge in [-0.15, -0.1) is 0 Å². The third-order valence-corrected chi connectivity index (χ3v) is 6.80. The van der Waals surface area contributed by atoms with Crippen molar-refractivity contribution >= 4 is 11.9 Å². The van der Waals surface area contributed by atoms with Crippen molar-refractivity contribution in [3.8, 4) is 23.1 Å². The fraction of sp³-hybridized carbons (Fsp3) is 0.344. The van der Waals surface area contributed by atoms with Crippen LogP contribution in [0.5, 0.6) is 0 Å². The van der Waals surface area contributed by atoms with Crippen LogP contribution in [-0.4, -0.2) is 47.0 Å². The molecule has 1 fully saturated rings. The highest BCUT2D eigenvalue weighted by atomic mass is 15.1. The van der Waals surface area contributed by atoms with E-state index in [0.717, 1.165) is 97.2 Å². The smallest absolute Gasteiger partial charge is 0.120 e. The normalized spacial score (nSPS) is 16.8. The number of H-pyrrole nitrogens is 1. The Morgan fingerprint density at radius 2 is 2.08 bits per heavy atom. The Bertz CT molecular complexity index is 1370. The molecular weight excluding hydrogens is 482 g/mol. The average Bonchev–Trinajstić information content (AvgIpc) is 3.66. The van der Waals surface area contributed by atoms with E-state index in [0.29, 0.717) is 5.57 Å². The summed E-state index contributed by atoms with van der Waals surface area (Å²) in [6.07, 6.45) is 14.7. The summed E-state index contributed by atoms with van der Waals surface area (Å²) in [7, 11) is 1.79. The molecule has 3 heterocycles. The summed E-state index contributed by atoms with van der Waals surface area (Å²) in [5.41, 5.74) is 7.50. The Labute approximate surface area is 232 Å². The van der Waals surface area contributed by atoms with Gasteiger partial charge in [0, 0.05) is 35.7 Å². The fourth-order valence-electron chi connectivity index (χ4n) is 4.54. The zero-order valence-electron chi connectivity index (χ0n) is 23.2. The lowest BCUT2D eigenvalue weighted by atomic mass is 9.94. The number of aliphatic imine (C=N–C) groups is 1. The minimum Gasteiger partial charge on any atom is -0.343 e. The van der Waals surface area contributed by atoms with Crippen molar-refractivity contribution in [2.45, 2.75) is 51.6 Å². The van der Waals surface area contributed by atoms with Crippen LogP contribution in [-0.2, 0) is 13.0 Å². The predicted molar refractivity (Wildman–Crippen MR) is 162 cm³/mol. The van der Waals surface area contributed by atoms with E-state index in [4.69, 9.17) is 4.98 Å². The highest BCUT2D eigenvalue weighted by molar-refractivity contribution is 5.89. The molecule has 0 amide bonds. The summed E-state index contributed by atoms with van der Waals surface area (Å²) < 4.78 is 0. The molecule has 0 saturated carbocycles. The van der Waals surface area contributed by atoms with Crippen molar-refractivity contribution in [3.63, 3.8) is 0 Å². The Morgan fingerprint density at radius 1 is 1.21 bits per heavy atom. The Kier molecular flexibility index (Phi) is 9.85. The zero-order valence-corrected chi connectivity index (χ0v) is 23.2. The molecule has 1 saturated heterocycles. The molecule has 4 rings (SSSR count). The van der Waals surface area contributed by atoms with Crippen molar-refractivity contribution in [3.05, 3.63) is 89.8 Å². The molecule has 2 aromatic heterocycles. The first-order chi connectivity index (χ1) is 19.0. The number of nitrogens with zero attached hydrogens (tertiary/aromatic N) is 3. The van der Waals surface area contributed by atoms with Crippen LogP contribution in [0.25, 0.3) is 17.3 Å². The highest BCUT2D eigenvalue weighted by Crippen LogP contribution is 2.26. The standard InChI is InChI=1S/C32H39N7/c1-6-15-34-21-31-37-20-30(39-31)27-18-26-14-13-25(17-29(26)36-19-27)12-10-22(2)9-11-23(3)24(4)38-32(33-5)28-8-7-16-35-28/h9,11,17-20,28,34-35H,2-4,6-8,13-16,21H2,1,5H3,(H,33,38)(H,37,39)/b11-9-/t28-/m0/s1. The molecule has 2 aliphatic rings. The number of nitrogens with one attached hydrogen (secondary N) is 4. The lowest BCUT2D eigenvalue weighted by Gasteiger charge is -2.17. The highest BCUT2D eigenvalue weighted by Gasteiger charge is 2.20.